The first-order valence-corrected chi connectivity index (χ1v) is 10.5. The predicted molar refractivity (Wildman–Crippen MR) is 121 cm³/mol. The third-order valence-corrected chi connectivity index (χ3v) is 5.62. The summed E-state index contributed by atoms with van der Waals surface area (Å²) in [7, 11) is 0. The largest absolute Gasteiger partial charge is 0.507 e. The number of phenols is 1. The van der Waals surface area contributed by atoms with E-state index in [-0.39, 0.29) is 28.1 Å². The summed E-state index contributed by atoms with van der Waals surface area (Å²) >= 11 is 0. The van der Waals surface area contributed by atoms with Crippen LogP contribution in [-0.4, -0.2) is 35.2 Å². The summed E-state index contributed by atoms with van der Waals surface area (Å²) < 4.78 is 14.6. The Labute approximate surface area is 184 Å². The fraction of sp³-hybridized carbons (Fsp3) is 0.200. The van der Waals surface area contributed by atoms with Gasteiger partial charge in [0.1, 0.15) is 11.6 Å². The van der Waals surface area contributed by atoms with Crippen LogP contribution in [0.25, 0.3) is 11.1 Å². The van der Waals surface area contributed by atoms with Gasteiger partial charge < -0.3 is 20.4 Å². The molecule has 0 atom stereocenters. The van der Waals surface area contributed by atoms with E-state index in [4.69, 9.17) is 0 Å². The highest BCUT2D eigenvalue weighted by Gasteiger charge is 2.21. The summed E-state index contributed by atoms with van der Waals surface area (Å²) in [5.41, 5.74) is 1.13. The molecule has 164 valence electrons. The van der Waals surface area contributed by atoms with Gasteiger partial charge in [-0.2, -0.15) is 0 Å². The second-order valence-electron chi connectivity index (χ2n) is 7.75. The zero-order chi connectivity index (χ0) is 22.7. The molecule has 7 heteroatoms. The minimum atomic E-state index is -1.37. The normalized spacial score (nSPS) is 13.6. The average molecular weight is 434 g/mol. The van der Waals surface area contributed by atoms with Crippen molar-refractivity contribution in [2.45, 2.75) is 19.3 Å². The molecular formula is C25H23FN2O4. The number of aromatic carboxylic acids is 1. The highest BCUT2D eigenvalue weighted by atomic mass is 19.1. The maximum Gasteiger partial charge on any atom is 0.337 e. The number of carboxylic acid groups (broad SMARTS) is 1. The molecule has 0 radical (unpaired) electrons. The molecule has 3 N–H and O–H groups in total. The second-order valence-corrected chi connectivity index (χ2v) is 7.75. The first kappa shape index (κ1) is 21.4. The molecule has 0 unspecified atom stereocenters. The van der Waals surface area contributed by atoms with Crippen LogP contribution in [0.5, 0.6) is 5.75 Å². The number of aromatic hydroxyl groups is 1. The Balaban J connectivity index is 1.69. The van der Waals surface area contributed by atoms with Gasteiger partial charge in [-0.15, -0.1) is 0 Å². The molecule has 1 saturated heterocycles. The van der Waals surface area contributed by atoms with E-state index in [9.17, 15) is 24.2 Å². The number of hydrogen-bond acceptors (Lipinski definition) is 4. The molecule has 3 aromatic carbocycles. The molecule has 1 heterocycles. The average Bonchev–Trinajstić information content (AvgIpc) is 2.81. The predicted octanol–water partition coefficient (Wildman–Crippen LogP) is 5.14. The molecule has 1 aliphatic heterocycles. The number of carbonyl (C=O) groups is 2. The Morgan fingerprint density at radius 1 is 0.906 bits per heavy atom. The lowest BCUT2D eigenvalue weighted by atomic mass is 10.0. The molecule has 0 aliphatic carbocycles. The topological polar surface area (TPSA) is 89.9 Å². The summed E-state index contributed by atoms with van der Waals surface area (Å²) in [5, 5.41) is 22.4. The van der Waals surface area contributed by atoms with Crippen molar-refractivity contribution < 1.29 is 24.2 Å². The number of carbonyl (C=O) groups excluding carboxylic acids is 1. The van der Waals surface area contributed by atoms with Crippen molar-refractivity contribution in [2.75, 3.05) is 23.3 Å². The van der Waals surface area contributed by atoms with Gasteiger partial charge in [0.2, 0.25) is 0 Å². The quantitative estimate of drug-likeness (QED) is 0.517. The fourth-order valence-electron chi connectivity index (χ4n) is 3.94. The van der Waals surface area contributed by atoms with Crippen LogP contribution in [0.3, 0.4) is 0 Å². The van der Waals surface area contributed by atoms with E-state index in [1.165, 1.54) is 12.1 Å². The van der Waals surface area contributed by atoms with Crippen LogP contribution in [0.15, 0.2) is 60.7 Å². The van der Waals surface area contributed by atoms with Gasteiger partial charge >= 0.3 is 5.97 Å². The second kappa shape index (κ2) is 9.09. The molecule has 0 spiro atoms. The summed E-state index contributed by atoms with van der Waals surface area (Å²) in [6, 6.07) is 15.7. The molecule has 0 saturated carbocycles. The Morgan fingerprint density at radius 2 is 1.62 bits per heavy atom. The summed E-state index contributed by atoms with van der Waals surface area (Å²) in [6.07, 6.45) is 3.28. The van der Waals surface area contributed by atoms with Crippen molar-refractivity contribution in [3.63, 3.8) is 0 Å². The number of piperidine rings is 1. The minimum absolute atomic E-state index is 0.0231. The van der Waals surface area contributed by atoms with Gasteiger partial charge in [-0.25, -0.2) is 9.18 Å². The fourth-order valence-corrected chi connectivity index (χ4v) is 3.94. The standard InChI is InChI=1S/C25H23FN2O4/c26-21-14-19(25(31)32)22(15-18(21)16-7-3-1-4-8-16)27-24(30)20-13-17(9-10-23(20)29)28-11-5-2-6-12-28/h1,3-4,7-10,13-15,29H,2,5-6,11-12H2,(H,27,30)(H,31,32). The molecule has 1 aliphatic rings. The number of nitrogens with zero attached hydrogens (tertiary/aromatic N) is 1. The number of amides is 1. The number of nitrogens with one attached hydrogen (secondary N) is 1. The van der Waals surface area contributed by atoms with Crippen LogP contribution in [0, 0.1) is 5.82 Å². The van der Waals surface area contributed by atoms with Gasteiger partial charge in [0.05, 0.1) is 16.8 Å². The van der Waals surface area contributed by atoms with Crippen molar-refractivity contribution >= 4 is 23.3 Å². The first-order valence-electron chi connectivity index (χ1n) is 10.5. The molecule has 1 amide bonds. The van der Waals surface area contributed by atoms with E-state index < -0.39 is 17.7 Å². The van der Waals surface area contributed by atoms with Gasteiger partial charge in [-0.05, 0) is 55.2 Å². The van der Waals surface area contributed by atoms with Crippen molar-refractivity contribution in [1.29, 1.82) is 0 Å². The summed E-state index contributed by atoms with van der Waals surface area (Å²) in [4.78, 5) is 26.8. The number of hydrogen-bond donors (Lipinski definition) is 3. The van der Waals surface area contributed by atoms with Crippen molar-refractivity contribution in [2.24, 2.45) is 0 Å². The van der Waals surface area contributed by atoms with Crippen LogP contribution >= 0.6 is 0 Å². The van der Waals surface area contributed by atoms with E-state index in [1.54, 1.807) is 42.5 Å². The Hall–Kier alpha value is -3.87. The monoisotopic (exact) mass is 434 g/mol. The molecule has 0 bridgehead atoms. The molecule has 32 heavy (non-hydrogen) atoms. The summed E-state index contributed by atoms with van der Waals surface area (Å²) in [5.74, 6) is -2.97. The van der Waals surface area contributed by atoms with Gasteiger partial charge in [0.15, 0.2) is 0 Å². The Bertz CT molecular complexity index is 1160. The lowest BCUT2D eigenvalue weighted by molar-refractivity contribution is 0.0697. The zero-order valence-corrected chi connectivity index (χ0v) is 17.3. The Kier molecular flexibility index (Phi) is 6.07. The maximum atomic E-state index is 14.6. The van der Waals surface area contributed by atoms with E-state index in [0.29, 0.717) is 5.56 Å². The summed E-state index contributed by atoms with van der Waals surface area (Å²) in [6.45, 7) is 1.74. The lowest BCUT2D eigenvalue weighted by Crippen LogP contribution is -2.29. The van der Waals surface area contributed by atoms with Gasteiger partial charge in [-0.1, -0.05) is 30.3 Å². The molecule has 6 nitrogen and oxygen atoms in total. The van der Waals surface area contributed by atoms with E-state index in [1.807, 2.05) is 0 Å². The van der Waals surface area contributed by atoms with E-state index >= 15 is 0 Å². The highest BCUT2D eigenvalue weighted by molar-refractivity contribution is 6.10. The number of halogens is 1. The van der Waals surface area contributed by atoms with Crippen LogP contribution in [0.2, 0.25) is 0 Å². The number of benzene rings is 3. The molecular weight excluding hydrogens is 411 g/mol. The third-order valence-electron chi connectivity index (χ3n) is 5.62. The Morgan fingerprint density at radius 3 is 2.31 bits per heavy atom. The van der Waals surface area contributed by atoms with Crippen LogP contribution < -0.4 is 10.2 Å². The van der Waals surface area contributed by atoms with Gasteiger partial charge in [0, 0.05) is 24.3 Å². The van der Waals surface area contributed by atoms with Crippen LogP contribution in [0.4, 0.5) is 15.8 Å². The van der Waals surface area contributed by atoms with Crippen molar-refractivity contribution in [3.05, 3.63) is 77.6 Å². The molecule has 1 fully saturated rings. The van der Waals surface area contributed by atoms with Gasteiger partial charge in [-0.3, -0.25) is 4.79 Å². The van der Waals surface area contributed by atoms with E-state index in [2.05, 4.69) is 10.2 Å². The number of anilines is 2. The van der Waals surface area contributed by atoms with Crippen molar-refractivity contribution in [3.8, 4) is 16.9 Å². The highest BCUT2D eigenvalue weighted by Crippen LogP contribution is 2.31. The SMILES string of the molecule is O=C(Nc1cc(-c2ccccc2)c(F)cc1C(=O)O)c1cc(N2CCCCC2)ccc1O. The van der Waals surface area contributed by atoms with E-state index in [0.717, 1.165) is 44.1 Å². The maximum absolute atomic E-state index is 14.6. The molecule has 4 rings (SSSR count). The number of rotatable bonds is 5. The number of phenolic OH excluding ortho intramolecular Hbond substituents is 1. The van der Waals surface area contributed by atoms with Crippen LogP contribution in [0.1, 0.15) is 40.0 Å². The zero-order valence-electron chi connectivity index (χ0n) is 17.3. The molecule has 0 aromatic heterocycles. The molecule has 3 aromatic rings. The lowest BCUT2D eigenvalue weighted by Gasteiger charge is -2.29. The van der Waals surface area contributed by atoms with Gasteiger partial charge in [0.25, 0.3) is 5.91 Å². The van der Waals surface area contributed by atoms with Crippen LogP contribution in [-0.2, 0) is 0 Å². The minimum Gasteiger partial charge on any atom is -0.507 e. The van der Waals surface area contributed by atoms with Crippen molar-refractivity contribution in [1.82, 2.24) is 0 Å². The third kappa shape index (κ3) is 4.42. The number of carboxylic acids is 1. The first-order chi connectivity index (χ1) is 15.4. The smallest absolute Gasteiger partial charge is 0.337 e.